The van der Waals surface area contributed by atoms with E-state index in [4.69, 9.17) is 28.2 Å². The molecule has 0 radical (unpaired) electrons. The molecule has 2 N–H and O–H groups in total. The number of nitrogens with zero attached hydrogens (tertiary/aromatic N) is 3. The Morgan fingerprint density at radius 3 is 2.90 bits per heavy atom. The van der Waals surface area contributed by atoms with Gasteiger partial charge in [0.2, 0.25) is 0 Å². The van der Waals surface area contributed by atoms with Crippen LogP contribution in [0.2, 0.25) is 5.02 Å². The number of amides is 1. The molecule has 3 aromatic heterocycles. The van der Waals surface area contributed by atoms with Gasteiger partial charge in [0.15, 0.2) is 15.7 Å². The number of halogens is 1. The van der Waals surface area contributed by atoms with Crippen LogP contribution in [0, 0.1) is 4.77 Å². The van der Waals surface area contributed by atoms with Crippen LogP contribution < -0.4 is 5.32 Å². The Morgan fingerprint density at radius 1 is 1.33 bits per heavy atom. The monoisotopic (exact) mass is 457 g/mol. The van der Waals surface area contributed by atoms with Crippen molar-refractivity contribution in [2.45, 2.75) is 13.0 Å². The summed E-state index contributed by atoms with van der Waals surface area (Å²) >= 11 is 12.5. The third kappa shape index (κ3) is 4.43. The molecule has 152 valence electrons. The maximum atomic E-state index is 12.5. The van der Waals surface area contributed by atoms with Gasteiger partial charge < -0.3 is 4.42 Å². The number of furan rings is 1. The standard InChI is InChI=1S/C20H16ClN5O2S2/c1-2-9-26-17(24-25-20(26)29)10-14-11-30-19(22-14)23-18(27)16-8-7-15(28-16)12-3-5-13(21)6-4-12/h2-8,11H,1,9-10H2,(H,25,29)(H,22,23,27). The van der Waals surface area contributed by atoms with Crippen LogP contribution in [0.4, 0.5) is 5.13 Å². The minimum Gasteiger partial charge on any atom is -0.451 e. The maximum Gasteiger partial charge on any atom is 0.293 e. The number of H-pyrrole nitrogens is 1. The van der Waals surface area contributed by atoms with Crippen LogP contribution in [0.5, 0.6) is 0 Å². The van der Waals surface area contributed by atoms with Gasteiger partial charge in [-0.1, -0.05) is 17.7 Å². The number of allylic oxidation sites excluding steroid dienone is 1. The first-order valence-corrected chi connectivity index (χ1v) is 10.6. The Morgan fingerprint density at radius 2 is 2.13 bits per heavy atom. The average Bonchev–Trinajstić information content (AvgIpc) is 3.46. The molecular weight excluding hydrogens is 442 g/mol. The molecule has 1 aromatic carbocycles. The predicted octanol–water partition coefficient (Wildman–Crippen LogP) is 5.34. The number of benzene rings is 1. The van der Waals surface area contributed by atoms with Crippen molar-refractivity contribution in [3.05, 3.63) is 81.5 Å². The van der Waals surface area contributed by atoms with Crippen LogP contribution in [0.25, 0.3) is 11.3 Å². The van der Waals surface area contributed by atoms with Crippen molar-refractivity contribution in [3.8, 4) is 11.3 Å². The van der Waals surface area contributed by atoms with E-state index >= 15 is 0 Å². The average molecular weight is 458 g/mol. The summed E-state index contributed by atoms with van der Waals surface area (Å²) in [7, 11) is 0. The van der Waals surface area contributed by atoms with E-state index in [1.54, 1.807) is 30.3 Å². The van der Waals surface area contributed by atoms with Gasteiger partial charge in [0.05, 0.1) is 12.1 Å². The van der Waals surface area contributed by atoms with Crippen molar-refractivity contribution in [2.24, 2.45) is 0 Å². The quantitative estimate of drug-likeness (QED) is 0.289. The lowest BCUT2D eigenvalue weighted by Crippen LogP contribution is -2.10. The van der Waals surface area contributed by atoms with Gasteiger partial charge in [-0.2, -0.15) is 5.10 Å². The van der Waals surface area contributed by atoms with E-state index in [1.807, 2.05) is 22.1 Å². The smallest absolute Gasteiger partial charge is 0.293 e. The molecule has 0 saturated heterocycles. The zero-order chi connectivity index (χ0) is 21.1. The normalized spacial score (nSPS) is 10.8. The molecule has 0 aliphatic rings. The molecule has 0 unspecified atom stereocenters. The highest BCUT2D eigenvalue weighted by Gasteiger charge is 2.15. The summed E-state index contributed by atoms with van der Waals surface area (Å²) in [5, 5.41) is 12.8. The van der Waals surface area contributed by atoms with E-state index in [9.17, 15) is 4.79 Å². The first-order chi connectivity index (χ1) is 14.5. The van der Waals surface area contributed by atoms with Crippen molar-refractivity contribution in [2.75, 3.05) is 5.32 Å². The summed E-state index contributed by atoms with van der Waals surface area (Å²) in [5.41, 5.74) is 1.61. The third-order valence-corrected chi connectivity index (χ3v) is 5.59. The van der Waals surface area contributed by atoms with Crippen LogP contribution in [0.1, 0.15) is 22.1 Å². The minimum atomic E-state index is -0.370. The van der Waals surface area contributed by atoms with Gasteiger partial charge in [-0.05, 0) is 48.6 Å². The Bertz CT molecular complexity index is 1250. The molecule has 7 nitrogen and oxygen atoms in total. The van der Waals surface area contributed by atoms with E-state index < -0.39 is 0 Å². The highest BCUT2D eigenvalue weighted by molar-refractivity contribution is 7.71. The Balaban J connectivity index is 1.44. The van der Waals surface area contributed by atoms with Crippen molar-refractivity contribution in [3.63, 3.8) is 0 Å². The van der Waals surface area contributed by atoms with Crippen molar-refractivity contribution >= 4 is 46.2 Å². The van der Waals surface area contributed by atoms with Crippen LogP contribution in [0.3, 0.4) is 0 Å². The number of thiazole rings is 1. The number of anilines is 1. The second kappa shape index (κ2) is 8.78. The number of carbonyl (C=O) groups is 1. The fraction of sp³-hybridized carbons (Fsp3) is 0.100. The van der Waals surface area contributed by atoms with Crippen LogP contribution in [-0.2, 0) is 13.0 Å². The largest absolute Gasteiger partial charge is 0.451 e. The van der Waals surface area contributed by atoms with Crippen LogP contribution >= 0.6 is 35.2 Å². The van der Waals surface area contributed by atoms with Crippen molar-refractivity contribution in [1.29, 1.82) is 0 Å². The van der Waals surface area contributed by atoms with Gasteiger partial charge in [-0.3, -0.25) is 19.8 Å². The first-order valence-electron chi connectivity index (χ1n) is 8.90. The van der Waals surface area contributed by atoms with Gasteiger partial charge in [0.25, 0.3) is 5.91 Å². The molecule has 0 atom stereocenters. The molecule has 0 fully saturated rings. The predicted molar refractivity (Wildman–Crippen MR) is 120 cm³/mol. The number of aromatic nitrogens is 4. The van der Waals surface area contributed by atoms with E-state index in [2.05, 4.69) is 27.1 Å². The molecule has 10 heteroatoms. The lowest BCUT2D eigenvalue weighted by atomic mass is 10.2. The summed E-state index contributed by atoms with van der Waals surface area (Å²) in [4.78, 5) is 17.0. The second-order valence-electron chi connectivity index (χ2n) is 6.29. The second-order valence-corrected chi connectivity index (χ2v) is 7.97. The number of carbonyl (C=O) groups excluding carboxylic acids is 1. The van der Waals surface area contributed by atoms with E-state index in [0.717, 1.165) is 17.1 Å². The molecule has 0 aliphatic carbocycles. The molecule has 30 heavy (non-hydrogen) atoms. The van der Waals surface area contributed by atoms with Crippen LogP contribution in [-0.4, -0.2) is 25.7 Å². The Labute approximate surface area is 186 Å². The third-order valence-electron chi connectivity index (χ3n) is 4.22. The zero-order valence-electron chi connectivity index (χ0n) is 15.6. The summed E-state index contributed by atoms with van der Waals surface area (Å²) in [6, 6.07) is 10.6. The lowest BCUT2D eigenvalue weighted by Gasteiger charge is -2.01. The minimum absolute atomic E-state index is 0.198. The van der Waals surface area contributed by atoms with E-state index in [-0.39, 0.29) is 11.7 Å². The molecule has 4 aromatic rings. The zero-order valence-corrected chi connectivity index (χ0v) is 18.0. The lowest BCUT2D eigenvalue weighted by molar-refractivity contribution is 0.0997. The van der Waals surface area contributed by atoms with E-state index in [0.29, 0.717) is 33.7 Å². The highest BCUT2D eigenvalue weighted by atomic mass is 35.5. The number of hydrogen-bond donors (Lipinski definition) is 2. The van der Waals surface area contributed by atoms with Gasteiger partial charge in [-0.25, -0.2) is 4.98 Å². The fourth-order valence-electron chi connectivity index (χ4n) is 2.80. The molecule has 1 amide bonds. The van der Waals surface area contributed by atoms with E-state index in [1.165, 1.54) is 11.3 Å². The number of rotatable bonds is 7. The first kappa shape index (κ1) is 20.3. The number of aromatic amines is 1. The molecule has 0 aliphatic heterocycles. The van der Waals surface area contributed by atoms with Crippen molar-refractivity contribution in [1.82, 2.24) is 19.7 Å². The van der Waals surface area contributed by atoms with Gasteiger partial charge in [0, 0.05) is 22.5 Å². The van der Waals surface area contributed by atoms with Crippen LogP contribution in [0.15, 0.2) is 58.9 Å². The fourth-order valence-corrected chi connectivity index (χ4v) is 3.85. The topological polar surface area (TPSA) is 88.7 Å². The van der Waals surface area contributed by atoms with Gasteiger partial charge >= 0.3 is 0 Å². The molecular formula is C20H16ClN5O2S2. The number of nitrogens with one attached hydrogen (secondary N) is 2. The molecule has 0 spiro atoms. The molecule has 0 bridgehead atoms. The van der Waals surface area contributed by atoms with Crippen molar-refractivity contribution < 1.29 is 9.21 Å². The summed E-state index contributed by atoms with van der Waals surface area (Å²) in [6.45, 7) is 4.29. The summed E-state index contributed by atoms with van der Waals surface area (Å²) in [5.74, 6) is 1.16. The Hall–Kier alpha value is -3.01. The highest BCUT2D eigenvalue weighted by Crippen LogP contribution is 2.25. The SMILES string of the molecule is C=CCn1c(Cc2csc(NC(=O)c3ccc(-c4ccc(Cl)cc4)o3)n2)n[nH]c1=S. The van der Waals surface area contributed by atoms with Gasteiger partial charge in [0.1, 0.15) is 11.6 Å². The molecule has 3 heterocycles. The maximum absolute atomic E-state index is 12.5. The molecule has 4 rings (SSSR count). The molecule has 0 saturated carbocycles. The number of hydrogen-bond acceptors (Lipinski definition) is 6. The Kier molecular flexibility index (Phi) is 5.93. The summed E-state index contributed by atoms with van der Waals surface area (Å²) in [6.07, 6.45) is 2.23. The van der Waals surface area contributed by atoms with Gasteiger partial charge in [-0.15, -0.1) is 17.9 Å². The summed E-state index contributed by atoms with van der Waals surface area (Å²) < 4.78 is 8.05.